The summed E-state index contributed by atoms with van der Waals surface area (Å²) < 4.78 is 1.86. The van der Waals surface area contributed by atoms with Crippen LogP contribution in [0.5, 0.6) is 0 Å². The number of likely N-dealkylation sites (tertiary alicyclic amines) is 2. The molecule has 122 valence electrons. The standard InChI is InChI=1S/C15H25N5O2/c1-18-13(11-21)16-17-15(18)12-5-4-8-20(9-12)14(22)10-19-6-2-3-7-19/h12,21H,2-11H2,1H3. The molecule has 0 spiro atoms. The Kier molecular flexibility index (Phi) is 4.73. The van der Waals surface area contributed by atoms with Gasteiger partial charge in [0.2, 0.25) is 5.91 Å². The van der Waals surface area contributed by atoms with Gasteiger partial charge in [0.1, 0.15) is 12.4 Å². The second-order valence-corrected chi connectivity index (χ2v) is 6.35. The number of amides is 1. The van der Waals surface area contributed by atoms with Gasteiger partial charge in [0.15, 0.2) is 5.82 Å². The average Bonchev–Trinajstić information content (AvgIpc) is 3.16. The zero-order valence-electron chi connectivity index (χ0n) is 13.2. The Balaban J connectivity index is 1.63. The highest BCUT2D eigenvalue weighted by atomic mass is 16.3. The lowest BCUT2D eigenvalue weighted by molar-refractivity contribution is -0.133. The number of hydrogen-bond donors (Lipinski definition) is 1. The summed E-state index contributed by atoms with van der Waals surface area (Å²) in [6, 6.07) is 0. The fraction of sp³-hybridized carbons (Fsp3) is 0.800. The lowest BCUT2D eigenvalue weighted by Gasteiger charge is -2.33. The monoisotopic (exact) mass is 307 g/mol. The van der Waals surface area contributed by atoms with Crippen molar-refractivity contribution in [1.29, 1.82) is 0 Å². The van der Waals surface area contributed by atoms with Gasteiger partial charge in [-0.25, -0.2) is 0 Å². The maximum Gasteiger partial charge on any atom is 0.236 e. The number of piperidine rings is 1. The molecule has 3 rings (SSSR count). The molecule has 2 aliphatic heterocycles. The van der Waals surface area contributed by atoms with E-state index in [1.807, 2.05) is 16.5 Å². The highest BCUT2D eigenvalue weighted by Crippen LogP contribution is 2.26. The van der Waals surface area contributed by atoms with Crippen LogP contribution in [0.2, 0.25) is 0 Å². The van der Waals surface area contributed by atoms with Crippen LogP contribution in [0.3, 0.4) is 0 Å². The molecule has 2 saturated heterocycles. The van der Waals surface area contributed by atoms with E-state index in [2.05, 4.69) is 15.1 Å². The topological polar surface area (TPSA) is 74.5 Å². The minimum absolute atomic E-state index is 0.103. The van der Waals surface area contributed by atoms with Gasteiger partial charge in [-0.05, 0) is 38.8 Å². The summed E-state index contributed by atoms with van der Waals surface area (Å²) in [5.41, 5.74) is 0. The van der Waals surface area contributed by atoms with E-state index in [4.69, 9.17) is 0 Å². The van der Waals surface area contributed by atoms with Crippen molar-refractivity contribution in [2.75, 3.05) is 32.7 Å². The van der Waals surface area contributed by atoms with E-state index in [-0.39, 0.29) is 18.4 Å². The van der Waals surface area contributed by atoms with Crippen molar-refractivity contribution in [3.05, 3.63) is 11.6 Å². The minimum Gasteiger partial charge on any atom is -0.388 e. The van der Waals surface area contributed by atoms with Crippen molar-refractivity contribution in [2.45, 2.75) is 38.2 Å². The van der Waals surface area contributed by atoms with Crippen LogP contribution < -0.4 is 0 Å². The molecule has 1 amide bonds. The van der Waals surface area contributed by atoms with E-state index in [1.165, 1.54) is 12.8 Å². The molecular weight excluding hydrogens is 282 g/mol. The Hall–Kier alpha value is -1.47. The number of aliphatic hydroxyl groups is 1. The largest absolute Gasteiger partial charge is 0.388 e. The first kappa shape index (κ1) is 15.4. The molecule has 7 nitrogen and oxygen atoms in total. The number of carbonyl (C=O) groups is 1. The summed E-state index contributed by atoms with van der Waals surface area (Å²) in [5.74, 6) is 1.91. The zero-order chi connectivity index (χ0) is 15.5. The second kappa shape index (κ2) is 6.75. The molecule has 0 saturated carbocycles. The molecule has 1 aromatic heterocycles. The van der Waals surface area contributed by atoms with Gasteiger partial charge in [-0.3, -0.25) is 9.69 Å². The summed E-state index contributed by atoms with van der Waals surface area (Å²) >= 11 is 0. The predicted octanol–water partition coefficient (Wildman–Crippen LogP) is 0.109. The van der Waals surface area contributed by atoms with Crippen LogP contribution in [-0.2, 0) is 18.4 Å². The highest BCUT2D eigenvalue weighted by molar-refractivity contribution is 5.78. The molecule has 1 aromatic rings. The fourth-order valence-corrected chi connectivity index (χ4v) is 3.51. The third-order valence-electron chi connectivity index (χ3n) is 4.84. The van der Waals surface area contributed by atoms with Gasteiger partial charge < -0.3 is 14.6 Å². The predicted molar refractivity (Wildman–Crippen MR) is 81.2 cm³/mol. The molecule has 2 aliphatic rings. The molecule has 3 heterocycles. The Morgan fingerprint density at radius 1 is 1.23 bits per heavy atom. The van der Waals surface area contributed by atoms with Crippen LogP contribution in [-0.4, -0.2) is 68.3 Å². The van der Waals surface area contributed by atoms with Crippen molar-refractivity contribution in [1.82, 2.24) is 24.6 Å². The maximum atomic E-state index is 12.5. The molecule has 22 heavy (non-hydrogen) atoms. The molecule has 0 radical (unpaired) electrons. The summed E-state index contributed by atoms with van der Waals surface area (Å²) in [5, 5.41) is 17.5. The van der Waals surface area contributed by atoms with Gasteiger partial charge >= 0.3 is 0 Å². The average molecular weight is 307 g/mol. The number of aromatic nitrogens is 3. The van der Waals surface area contributed by atoms with E-state index in [0.717, 1.165) is 38.3 Å². The Labute approximate surface area is 130 Å². The summed E-state index contributed by atoms with van der Waals surface area (Å²) in [6.45, 7) is 4.09. The normalized spacial score (nSPS) is 23.2. The molecular formula is C15H25N5O2. The van der Waals surface area contributed by atoms with Gasteiger partial charge in [0, 0.05) is 26.1 Å². The Morgan fingerprint density at radius 2 is 2.00 bits per heavy atom. The summed E-state index contributed by atoms with van der Waals surface area (Å²) in [7, 11) is 1.88. The molecule has 1 N–H and O–H groups in total. The second-order valence-electron chi connectivity index (χ2n) is 6.35. The zero-order valence-corrected chi connectivity index (χ0v) is 13.2. The van der Waals surface area contributed by atoms with Crippen LogP contribution >= 0.6 is 0 Å². The van der Waals surface area contributed by atoms with E-state index in [1.54, 1.807) is 0 Å². The van der Waals surface area contributed by atoms with Gasteiger partial charge in [-0.15, -0.1) is 10.2 Å². The smallest absolute Gasteiger partial charge is 0.236 e. The Bertz CT molecular complexity index is 524. The van der Waals surface area contributed by atoms with Gasteiger partial charge in [0.05, 0.1) is 6.54 Å². The molecule has 0 aromatic carbocycles. The molecule has 2 fully saturated rings. The van der Waals surface area contributed by atoms with Crippen molar-refractivity contribution in [3.63, 3.8) is 0 Å². The van der Waals surface area contributed by atoms with Crippen LogP contribution in [0.1, 0.15) is 43.3 Å². The minimum atomic E-state index is -0.103. The number of hydrogen-bond acceptors (Lipinski definition) is 5. The molecule has 1 atom stereocenters. The lowest BCUT2D eigenvalue weighted by atomic mass is 9.97. The number of rotatable bonds is 4. The molecule has 1 unspecified atom stereocenters. The van der Waals surface area contributed by atoms with Gasteiger partial charge in [-0.2, -0.15) is 0 Å². The van der Waals surface area contributed by atoms with Crippen molar-refractivity contribution in [3.8, 4) is 0 Å². The number of nitrogens with zero attached hydrogens (tertiary/aromatic N) is 5. The van der Waals surface area contributed by atoms with Gasteiger partial charge in [0.25, 0.3) is 0 Å². The van der Waals surface area contributed by atoms with Gasteiger partial charge in [-0.1, -0.05) is 0 Å². The van der Waals surface area contributed by atoms with E-state index in [0.29, 0.717) is 18.9 Å². The van der Waals surface area contributed by atoms with E-state index >= 15 is 0 Å². The third-order valence-corrected chi connectivity index (χ3v) is 4.84. The Morgan fingerprint density at radius 3 is 2.68 bits per heavy atom. The third kappa shape index (κ3) is 3.15. The van der Waals surface area contributed by atoms with Crippen LogP contribution in [0.25, 0.3) is 0 Å². The van der Waals surface area contributed by atoms with Crippen molar-refractivity contribution in [2.24, 2.45) is 7.05 Å². The van der Waals surface area contributed by atoms with Crippen molar-refractivity contribution < 1.29 is 9.90 Å². The summed E-state index contributed by atoms with van der Waals surface area (Å²) in [6.07, 6.45) is 4.43. The van der Waals surface area contributed by atoms with Crippen LogP contribution in [0.4, 0.5) is 0 Å². The van der Waals surface area contributed by atoms with Crippen molar-refractivity contribution >= 4 is 5.91 Å². The maximum absolute atomic E-state index is 12.5. The molecule has 0 bridgehead atoms. The van der Waals surface area contributed by atoms with Crippen LogP contribution in [0.15, 0.2) is 0 Å². The van der Waals surface area contributed by atoms with E-state index < -0.39 is 0 Å². The molecule has 7 heteroatoms. The molecule has 0 aliphatic carbocycles. The number of carbonyl (C=O) groups excluding carboxylic acids is 1. The first-order valence-corrected chi connectivity index (χ1v) is 8.18. The highest BCUT2D eigenvalue weighted by Gasteiger charge is 2.29. The van der Waals surface area contributed by atoms with Crippen LogP contribution in [0, 0.1) is 0 Å². The quantitative estimate of drug-likeness (QED) is 0.854. The first-order valence-electron chi connectivity index (χ1n) is 8.18. The van der Waals surface area contributed by atoms with E-state index in [9.17, 15) is 9.90 Å². The summed E-state index contributed by atoms with van der Waals surface area (Å²) in [4.78, 5) is 16.7. The first-order chi connectivity index (χ1) is 10.7. The number of aliphatic hydroxyl groups excluding tert-OH is 1. The fourth-order valence-electron chi connectivity index (χ4n) is 3.51. The lowest BCUT2D eigenvalue weighted by Crippen LogP contribution is -2.44. The SMILES string of the molecule is Cn1c(CO)nnc1C1CCCN(C(=O)CN2CCCC2)C1.